The molecule has 1 rings (SSSR count). The lowest BCUT2D eigenvalue weighted by Gasteiger charge is -2.17. The number of hydroxylamine groups is 1. The number of hydrogen-bond donors (Lipinski definition) is 2. The van der Waals surface area contributed by atoms with Crippen LogP contribution >= 0.6 is 23.2 Å². The third-order valence-electron chi connectivity index (χ3n) is 2.71. The lowest BCUT2D eigenvalue weighted by molar-refractivity contribution is 0.0110. The molecule has 0 aromatic heterocycles. The van der Waals surface area contributed by atoms with Gasteiger partial charge in [0.05, 0.1) is 34.4 Å². The second kappa shape index (κ2) is 7.61. The van der Waals surface area contributed by atoms with Crippen molar-refractivity contribution in [2.45, 2.75) is 20.0 Å². The first kappa shape index (κ1) is 17.7. The molecule has 0 aliphatic carbocycles. The maximum Gasteiger partial charge on any atom is 0.359 e. The summed E-state index contributed by atoms with van der Waals surface area (Å²) in [5, 5.41) is -0.0863. The zero-order valence-corrected chi connectivity index (χ0v) is 13.3. The molecule has 0 radical (unpaired) electrons. The van der Waals surface area contributed by atoms with Crippen molar-refractivity contribution in [2.24, 2.45) is 11.7 Å². The molecule has 0 amide bonds. The van der Waals surface area contributed by atoms with Gasteiger partial charge >= 0.3 is 11.9 Å². The number of hydrogen-bond acceptors (Lipinski definition) is 6. The van der Waals surface area contributed by atoms with E-state index in [-0.39, 0.29) is 27.1 Å². The first-order valence-electron chi connectivity index (χ1n) is 6.08. The number of carbonyl (C=O) groups is 2. The monoisotopic (exact) mass is 334 g/mol. The van der Waals surface area contributed by atoms with Crippen molar-refractivity contribution in [1.29, 1.82) is 0 Å². The number of ether oxygens (including phenoxy) is 1. The number of rotatable bonds is 5. The van der Waals surface area contributed by atoms with Gasteiger partial charge in [-0.05, 0) is 18.1 Å². The van der Waals surface area contributed by atoms with Crippen LogP contribution in [0.15, 0.2) is 12.1 Å². The molecule has 3 N–H and O–H groups in total. The molecule has 1 aromatic rings. The fourth-order valence-electron chi connectivity index (χ4n) is 1.32. The Morgan fingerprint density at radius 1 is 1.24 bits per heavy atom. The van der Waals surface area contributed by atoms with Crippen molar-refractivity contribution >= 4 is 35.1 Å². The molecule has 6 nitrogen and oxygen atoms in total. The quantitative estimate of drug-likeness (QED) is 0.488. The highest BCUT2D eigenvalue weighted by Crippen LogP contribution is 2.29. The van der Waals surface area contributed by atoms with Crippen LogP contribution in [0, 0.1) is 5.92 Å². The highest BCUT2D eigenvalue weighted by atomic mass is 35.5. The average Bonchev–Trinajstić information content (AvgIpc) is 2.43. The smallest absolute Gasteiger partial charge is 0.359 e. The Balaban J connectivity index is 3.01. The zero-order chi connectivity index (χ0) is 16.2. The molecule has 8 heteroatoms. The van der Waals surface area contributed by atoms with Crippen LogP contribution in [0.1, 0.15) is 34.6 Å². The molecule has 0 spiro atoms. The maximum atomic E-state index is 12.0. The van der Waals surface area contributed by atoms with Crippen LogP contribution in [0.2, 0.25) is 10.0 Å². The third-order valence-corrected chi connectivity index (χ3v) is 3.41. The van der Waals surface area contributed by atoms with Gasteiger partial charge in [-0.3, -0.25) is 0 Å². The van der Waals surface area contributed by atoms with Crippen LogP contribution in [0.25, 0.3) is 0 Å². The zero-order valence-electron chi connectivity index (χ0n) is 11.8. The van der Waals surface area contributed by atoms with E-state index in [1.807, 2.05) is 13.8 Å². The minimum Gasteiger partial charge on any atom is -0.465 e. The van der Waals surface area contributed by atoms with E-state index in [4.69, 9.17) is 33.8 Å². The van der Waals surface area contributed by atoms with Crippen molar-refractivity contribution in [3.05, 3.63) is 33.3 Å². The van der Waals surface area contributed by atoms with Crippen LogP contribution in [0.3, 0.4) is 0 Å². The number of nitrogens with two attached hydrogens (primary N) is 1. The SMILES string of the molecule is COC(=O)c1ccc(Cl)c(C(=O)ONC(N)C(C)C)c1Cl. The molecule has 1 atom stereocenters. The van der Waals surface area contributed by atoms with Gasteiger partial charge in [0.25, 0.3) is 0 Å². The van der Waals surface area contributed by atoms with Crippen molar-refractivity contribution in [3.63, 3.8) is 0 Å². The Bertz CT molecular complexity index is 549. The summed E-state index contributed by atoms with van der Waals surface area (Å²) < 4.78 is 4.57. The Labute approximate surface area is 132 Å². The number of nitrogens with one attached hydrogen (secondary N) is 1. The number of esters is 1. The summed E-state index contributed by atoms with van der Waals surface area (Å²) in [6, 6.07) is 2.72. The fraction of sp³-hybridized carbons (Fsp3) is 0.385. The largest absolute Gasteiger partial charge is 0.465 e. The second-order valence-corrected chi connectivity index (χ2v) is 5.34. The van der Waals surface area contributed by atoms with Crippen LogP contribution in [-0.4, -0.2) is 25.2 Å². The molecule has 0 saturated carbocycles. The van der Waals surface area contributed by atoms with Crippen LogP contribution in [0.4, 0.5) is 0 Å². The number of methoxy groups -OCH3 is 1. The molecule has 0 heterocycles. The van der Waals surface area contributed by atoms with E-state index in [0.717, 1.165) is 0 Å². The van der Waals surface area contributed by atoms with Gasteiger partial charge in [-0.2, -0.15) is 0 Å². The molecule has 1 aromatic carbocycles. The maximum absolute atomic E-state index is 12.0. The Kier molecular flexibility index (Phi) is 6.42. The van der Waals surface area contributed by atoms with E-state index in [2.05, 4.69) is 10.2 Å². The predicted octanol–water partition coefficient (Wildman–Crippen LogP) is 2.38. The van der Waals surface area contributed by atoms with Gasteiger partial charge < -0.3 is 15.3 Å². The summed E-state index contributed by atoms with van der Waals surface area (Å²) in [6.45, 7) is 3.70. The van der Waals surface area contributed by atoms with E-state index in [1.165, 1.54) is 19.2 Å². The van der Waals surface area contributed by atoms with Crippen molar-refractivity contribution in [3.8, 4) is 0 Å². The standard InChI is InChI=1S/C13H16Cl2N2O4/c1-6(2)11(16)17-21-13(19)9-8(14)5-4-7(10(9)15)12(18)20-3/h4-6,11,17H,16H2,1-3H3. The van der Waals surface area contributed by atoms with Gasteiger partial charge in [0, 0.05) is 0 Å². The summed E-state index contributed by atoms with van der Waals surface area (Å²) in [7, 11) is 1.20. The molecule has 0 aliphatic heterocycles. The first-order valence-corrected chi connectivity index (χ1v) is 6.83. The van der Waals surface area contributed by atoms with Crippen molar-refractivity contribution in [2.75, 3.05) is 7.11 Å². The molecule has 0 bridgehead atoms. The lowest BCUT2D eigenvalue weighted by atomic mass is 10.1. The van der Waals surface area contributed by atoms with Gasteiger partial charge in [0.1, 0.15) is 0 Å². The molecular weight excluding hydrogens is 319 g/mol. The summed E-state index contributed by atoms with van der Waals surface area (Å²) in [4.78, 5) is 28.4. The molecule has 0 saturated heterocycles. The Morgan fingerprint density at radius 3 is 2.38 bits per heavy atom. The second-order valence-electron chi connectivity index (χ2n) is 4.55. The number of carbonyl (C=O) groups excluding carboxylic acids is 2. The average molecular weight is 335 g/mol. The summed E-state index contributed by atoms with van der Waals surface area (Å²) in [5.41, 5.74) is 7.97. The highest BCUT2D eigenvalue weighted by Gasteiger charge is 2.23. The summed E-state index contributed by atoms with van der Waals surface area (Å²) >= 11 is 11.9. The van der Waals surface area contributed by atoms with Crippen molar-refractivity contribution < 1.29 is 19.2 Å². The van der Waals surface area contributed by atoms with E-state index < -0.39 is 18.1 Å². The van der Waals surface area contributed by atoms with E-state index >= 15 is 0 Å². The minimum atomic E-state index is -0.841. The highest BCUT2D eigenvalue weighted by molar-refractivity contribution is 6.41. The van der Waals surface area contributed by atoms with Gasteiger partial charge in [0.2, 0.25) is 0 Å². The molecular formula is C13H16Cl2N2O4. The van der Waals surface area contributed by atoms with E-state index in [9.17, 15) is 9.59 Å². The Morgan fingerprint density at radius 2 is 1.86 bits per heavy atom. The fourth-order valence-corrected chi connectivity index (χ4v) is 1.92. The van der Waals surface area contributed by atoms with Gasteiger partial charge in [-0.1, -0.05) is 37.0 Å². The van der Waals surface area contributed by atoms with Crippen LogP contribution in [-0.2, 0) is 9.57 Å². The number of benzene rings is 1. The summed E-state index contributed by atoms with van der Waals surface area (Å²) in [5.74, 6) is -1.48. The molecule has 21 heavy (non-hydrogen) atoms. The van der Waals surface area contributed by atoms with Crippen LogP contribution in [0.5, 0.6) is 0 Å². The van der Waals surface area contributed by atoms with Crippen LogP contribution < -0.4 is 11.2 Å². The molecule has 1 unspecified atom stereocenters. The number of halogens is 2. The van der Waals surface area contributed by atoms with Gasteiger partial charge in [0.15, 0.2) is 0 Å². The molecule has 0 fully saturated rings. The van der Waals surface area contributed by atoms with Gasteiger partial charge in [-0.15, -0.1) is 5.48 Å². The molecule has 0 aliphatic rings. The van der Waals surface area contributed by atoms with E-state index in [0.29, 0.717) is 0 Å². The predicted molar refractivity (Wildman–Crippen MR) is 79.2 cm³/mol. The van der Waals surface area contributed by atoms with Gasteiger partial charge in [-0.25, -0.2) is 9.59 Å². The molecule has 116 valence electrons. The first-order chi connectivity index (χ1) is 9.79. The van der Waals surface area contributed by atoms with E-state index in [1.54, 1.807) is 0 Å². The lowest BCUT2D eigenvalue weighted by Crippen LogP contribution is -2.42. The van der Waals surface area contributed by atoms with Crippen molar-refractivity contribution in [1.82, 2.24) is 5.48 Å². The third kappa shape index (κ3) is 4.31. The summed E-state index contributed by atoms with van der Waals surface area (Å²) in [6.07, 6.45) is -0.546. The Hall–Kier alpha value is -1.34. The minimum absolute atomic E-state index is 0.0173. The normalized spacial score (nSPS) is 12.1. The topological polar surface area (TPSA) is 90.7 Å².